The van der Waals surface area contributed by atoms with Gasteiger partial charge in [-0.05, 0) is 59.5 Å². The van der Waals surface area contributed by atoms with Crippen molar-refractivity contribution in [3.8, 4) is 0 Å². The molecular weight excluding hydrogens is 353 g/mol. The summed E-state index contributed by atoms with van der Waals surface area (Å²) < 4.78 is 0. The van der Waals surface area contributed by atoms with E-state index >= 15 is 0 Å². The first-order valence-corrected chi connectivity index (χ1v) is 9.23. The second kappa shape index (κ2) is 7.22. The van der Waals surface area contributed by atoms with E-state index in [1.807, 2.05) is 23.6 Å². The first-order chi connectivity index (χ1) is 11.1. The predicted molar refractivity (Wildman–Crippen MR) is 94.6 cm³/mol. The minimum atomic E-state index is -0.759. The van der Waals surface area contributed by atoms with E-state index in [-0.39, 0.29) is 6.04 Å². The van der Waals surface area contributed by atoms with Crippen molar-refractivity contribution < 1.29 is 9.90 Å². The number of aliphatic carboxylic acids is 1. The summed E-state index contributed by atoms with van der Waals surface area (Å²) in [6.07, 6.45) is 2.63. The largest absolute Gasteiger partial charge is 0.480 e. The third kappa shape index (κ3) is 3.56. The van der Waals surface area contributed by atoms with E-state index in [1.54, 1.807) is 17.4 Å². The number of hydrogen-bond acceptors (Lipinski definition) is 3. The number of likely N-dealkylation sites (tertiary alicyclic amines) is 1. The Morgan fingerprint density at radius 2 is 2.04 bits per heavy atom. The lowest BCUT2D eigenvalue weighted by atomic mass is 9.93. The molecule has 0 radical (unpaired) electrons. The molecule has 6 heteroatoms. The van der Waals surface area contributed by atoms with E-state index in [9.17, 15) is 9.90 Å². The first-order valence-electron chi connectivity index (χ1n) is 7.53. The number of rotatable bonds is 4. The van der Waals surface area contributed by atoms with Gasteiger partial charge in [-0.3, -0.25) is 9.69 Å². The molecule has 1 aliphatic rings. The Morgan fingerprint density at radius 1 is 1.22 bits per heavy atom. The highest BCUT2D eigenvalue weighted by atomic mass is 35.5. The van der Waals surface area contributed by atoms with Crippen molar-refractivity contribution in [2.45, 2.75) is 31.3 Å². The van der Waals surface area contributed by atoms with Crippen molar-refractivity contribution in [3.05, 3.63) is 56.2 Å². The van der Waals surface area contributed by atoms with Gasteiger partial charge < -0.3 is 5.11 Å². The number of thiophene rings is 1. The van der Waals surface area contributed by atoms with Gasteiger partial charge in [0.25, 0.3) is 0 Å². The smallest absolute Gasteiger partial charge is 0.320 e. The Kier molecular flexibility index (Phi) is 5.27. The molecule has 1 aromatic carbocycles. The lowest BCUT2D eigenvalue weighted by Gasteiger charge is -2.39. The molecule has 2 aromatic rings. The highest BCUT2D eigenvalue weighted by molar-refractivity contribution is 7.08. The van der Waals surface area contributed by atoms with Gasteiger partial charge in [-0.2, -0.15) is 11.3 Å². The topological polar surface area (TPSA) is 40.5 Å². The molecule has 2 atom stereocenters. The maximum Gasteiger partial charge on any atom is 0.320 e. The lowest BCUT2D eigenvalue weighted by molar-refractivity contribution is -0.145. The number of piperidine rings is 1. The van der Waals surface area contributed by atoms with Crippen molar-refractivity contribution in [1.29, 1.82) is 0 Å². The van der Waals surface area contributed by atoms with Crippen molar-refractivity contribution in [1.82, 2.24) is 4.90 Å². The van der Waals surface area contributed by atoms with Crippen LogP contribution in [0.2, 0.25) is 10.0 Å². The molecule has 3 rings (SSSR count). The van der Waals surface area contributed by atoms with E-state index in [0.29, 0.717) is 16.5 Å². The van der Waals surface area contributed by atoms with Crippen molar-refractivity contribution >= 4 is 40.5 Å². The molecule has 23 heavy (non-hydrogen) atoms. The van der Waals surface area contributed by atoms with Crippen molar-refractivity contribution in [2.75, 3.05) is 6.54 Å². The maximum absolute atomic E-state index is 11.7. The van der Waals surface area contributed by atoms with Crippen LogP contribution in [0.25, 0.3) is 0 Å². The molecule has 122 valence electrons. The van der Waals surface area contributed by atoms with E-state index in [2.05, 4.69) is 10.3 Å². The third-order valence-corrected chi connectivity index (χ3v) is 5.72. The van der Waals surface area contributed by atoms with Gasteiger partial charge >= 0.3 is 5.97 Å². The summed E-state index contributed by atoms with van der Waals surface area (Å²) in [6, 6.07) is 7.02. The predicted octanol–water partition coefficient (Wildman–Crippen LogP) is 5.08. The summed E-state index contributed by atoms with van der Waals surface area (Å²) in [7, 11) is 0. The highest BCUT2D eigenvalue weighted by Crippen LogP contribution is 2.37. The molecule has 3 nitrogen and oxygen atoms in total. The number of halogens is 2. The van der Waals surface area contributed by atoms with Gasteiger partial charge in [0.15, 0.2) is 0 Å². The first kappa shape index (κ1) is 16.8. The van der Waals surface area contributed by atoms with Gasteiger partial charge in [0.1, 0.15) is 6.04 Å². The quantitative estimate of drug-likeness (QED) is 0.816. The summed E-state index contributed by atoms with van der Waals surface area (Å²) in [6.45, 7) is 0.762. The van der Waals surface area contributed by atoms with Crippen LogP contribution < -0.4 is 0 Å². The van der Waals surface area contributed by atoms with Crippen LogP contribution in [0, 0.1) is 0 Å². The lowest BCUT2D eigenvalue weighted by Crippen LogP contribution is -2.46. The minimum absolute atomic E-state index is 0.114. The Hall–Kier alpha value is -1.07. The maximum atomic E-state index is 11.7. The second-order valence-corrected chi connectivity index (χ2v) is 7.31. The highest BCUT2D eigenvalue weighted by Gasteiger charge is 2.35. The Morgan fingerprint density at radius 3 is 2.70 bits per heavy atom. The van der Waals surface area contributed by atoms with E-state index in [1.165, 1.54) is 0 Å². The molecule has 2 heterocycles. The molecule has 0 aliphatic carbocycles. The van der Waals surface area contributed by atoms with Gasteiger partial charge in [-0.1, -0.05) is 35.7 Å². The average Bonchev–Trinajstić information content (AvgIpc) is 3.05. The summed E-state index contributed by atoms with van der Waals surface area (Å²) in [5, 5.41) is 14.7. The molecule has 1 fully saturated rings. The number of carboxylic acid groups (broad SMARTS) is 1. The zero-order chi connectivity index (χ0) is 16.4. The molecule has 1 saturated heterocycles. The van der Waals surface area contributed by atoms with Crippen LogP contribution in [0.5, 0.6) is 0 Å². The zero-order valence-electron chi connectivity index (χ0n) is 12.4. The molecule has 0 saturated carbocycles. The van der Waals surface area contributed by atoms with E-state index in [4.69, 9.17) is 23.2 Å². The van der Waals surface area contributed by atoms with Gasteiger partial charge in [-0.15, -0.1) is 0 Å². The van der Waals surface area contributed by atoms with E-state index < -0.39 is 12.0 Å². The van der Waals surface area contributed by atoms with E-state index in [0.717, 1.165) is 30.5 Å². The molecule has 1 aliphatic heterocycles. The third-order valence-electron chi connectivity index (χ3n) is 4.28. The standard InChI is InChI=1S/C17H17Cl2NO2S/c18-13-5-4-11(9-14(13)19)16(12-6-8-23-10-12)20-7-2-1-3-15(20)17(21)22/h4-6,8-10,15-16H,1-3,7H2,(H,21,22). The fourth-order valence-corrected chi connectivity index (χ4v) is 4.20. The molecule has 2 unspecified atom stereocenters. The summed E-state index contributed by atoms with van der Waals surface area (Å²) in [5.41, 5.74) is 2.08. The monoisotopic (exact) mass is 369 g/mol. The van der Waals surface area contributed by atoms with Crippen LogP contribution in [0.4, 0.5) is 0 Å². The number of hydrogen-bond donors (Lipinski definition) is 1. The van der Waals surface area contributed by atoms with Crippen LogP contribution in [-0.2, 0) is 4.79 Å². The normalized spacial score (nSPS) is 20.3. The molecular formula is C17H17Cl2NO2S. The van der Waals surface area contributed by atoms with Crippen LogP contribution in [0.15, 0.2) is 35.0 Å². The molecule has 0 amide bonds. The van der Waals surface area contributed by atoms with Crippen molar-refractivity contribution in [2.24, 2.45) is 0 Å². The van der Waals surface area contributed by atoms with Gasteiger partial charge in [-0.25, -0.2) is 0 Å². The van der Waals surface area contributed by atoms with Crippen molar-refractivity contribution in [3.63, 3.8) is 0 Å². The van der Waals surface area contributed by atoms with Crippen LogP contribution in [0.1, 0.15) is 36.4 Å². The molecule has 0 bridgehead atoms. The fourth-order valence-electron chi connectivity index (χ4n) is 3.22. The molecule has 1 aromatic heterocycles. The molecule has 0 spiro atoms. The Balaban J connectivity index is 2.05. The number of carbonyl (C=O) groups is 1. The van der Waals surface area contributed by atoms with Gasteiger partial charge in [0.2, 0.25) is 0 Å². The molecule has 1 N–H and O–H groups in total. The van der Waals surface area contributed by atoms with Crippen LogP contribution >= 0.6 is 34.5 Å². The number of benzene rings is 1. The summed E-state index contributed by atoms with van der Waals surface area (Å²) in [4.78, 5) is 13.8. The zero-order valence-corrected chi connectivity index (χ0v) is 14.7. The number of nitrogens with zero attached hydrogens (tertiary/aromatic N) is 1. The van der Waals surface area contributed by atoms with Gasteiger partial charge in [0, 0.05) is 0 Å². The second-order valence-electron chi connectivity index (χ2n) is 5.72. The summed E-state index contributed by atoms with van der Waals surface area (Å²) in [5.74, 6) is -0.759. The summed E-state index contributed by atoms with van der Waals surface area (Å²) >= 11 is 13.8. The number of carboxylic acids is 1. The SMILES string of the molecule is O=C(O)C1CCCCN1C(c1ccsc1)c1ccc(Cl)c(Cl)c1. The van der Waals surface area contributed by atoms with Crippen LogP contribution in [-0.4, -0.2) is 28.6 Å². The average molecular weight is 370 g/mol. The fraction of sp³-hybridized carbons (Fsp3) is 0.353. The Labute approximate surface area is 149 Å². The minimum Gasteiger partial charge on any atom is -0.480 e. The Bertz CT molecular complexity index is 690. The van der Waals surface area contributed by atoms with Gasteiger partial charge in [0.05, 0.1) is 16.1 Å². The van der Waals surface area contributed by atoms with Crippen LogP contribution in [0.3, 0.4) is 0 Å².